The van der Waals surface area contributed by atoms with Crippen molar-refractivity contribution in [1.29, 1.82) is 0 Å². The summed E-state index contributed by atoms with van der Waals surface area (Å²) in [6, 6.07) is 2.80. The molecular formula is C23H32ClFN4O3. The molecule has 0 aliphatic carbocycles. The van der Waals surface area contributed by atoms with Crippen LogP contribution in [0.25, 0.3) is 10.9 Å². The normalized spacial score (nSPS) is 20.7. The first kappa shape index (κ1) is 24.5. The van der Waals surface area contributed by atoms with Crippen LogP contribution in [-0.4, -0.2) is 64.6 Å². The number of rotatable bonds is 8. The van der Waals surface area contributed by atoms with Crippen molar-refractivity contribution >= 4 is 34.3 Å². The summed E-state index contributed by atoms with van der Waals surface area (Å²) in [6.07, 6.45) is 0.651. The van der Waals surface area contributed by atoms with Gasteiger partial charge in [0.25, 0.3) is 0 Å². The Hall–Kier alpha value is -2.16. The SMILES string of the molecule is CC[C@H](NC)C(=O)N[C@H](C(=O)N1CCC(O)[C@@H]1Cc1c(Cl)[nH]c2cc(F)ccc12)C(C)C. The molecule has 1 aliphatic heterocycles. The van der Waals surface area contributed by atoms with Crippen molar-refractivity contribution in [3.8, 4) is 0 Å². The van der Waals surface area contributed by atoms with Crippen molar-refractivity contribution in [3.63, 3.8) is 0 Å². The van der Waals surface area contributed by atoms with Crippen LogP contribution >= 0.6 is 11.6 Å². The van der Waals surface area contributed by atoms with Crippen LogP contribution in [0.3, 0.4) is 0 Å². The second kappa shape index (κ2) is 10.2. The first-order valence-corrected chi connectivity index (χ1v) is 11.5. The summed E-state index contributed by atoms with van der Waals surface area (Å²) in [7, 11) is 1.71. The van der Waals surface area contributed by atoms with Gasteiger partial charge in [-0.1, -0.05) is 32.4 Å². The Labute approximate surface area is 192 Å². The van der Waals surface area contributed by atoms with Crippen LogP contribution in [-0.2, 0) is 16.0 Å². The second-order valence-corrected chi connectivity index (χ2v) is 9.12. The van der Waals surface area contributed by atoms with Gasteiger partial charge in [0.15, 0.2) is 0 Å². The van der Waals surface area contributed by atoms with E-state index in [9.17, 15) is 19.1 Å². The minimum atomic E-state index is -0.718. The molecule has 1 aromatic carbocycles. The molecule has 1 unspecified atom stereocenters. The van der Waals surface area contributed by atoms with Crippen LogP contribution in [0.5, 0.6) is 0 Å². The number of nitrogens with one attached hydrogen (secondary N) is 3. The van der Waals surface area contributed by atoms with E-state index in [2.05, 4.69) is 15.6 Å². The van der Waals surface area contributed by atoms with E-state index in [0.29, 0.717) is 36.5 Å². The molecule has 1 fully saturated rings. The Kier molecular flexibility index (Phi) is 7.79. The molecule has 0 spiro atoms. The summed E-state index contributed by atoms with van der Waals surface area (Å²) in [6.45, 7) is 6.06. The van der Waals surface area contributed by atoms with Crippen LogP contribution < -0.4 is 10.6 Å². The van der Waals surface area contributed by atoms with Crippen molar-refractivity contribution in [1.82, 2.24) is 20.5 Å². The molecule has 7 nitrogen and oxygen atoms in total. The molecule has 0 saturated carbocycles. The standard InChI is InChI=1S/C23H32ClFN4O3/c1-5-16(26-4)22(31)28-20(12(2)3)23(32)29-9-8-19(30)18(29)11-15-14-7-6-13(25)10-17(14)27-21(15)24/h6-7,10,12,16,18-20,26-27,30H,5,8-9,11H2,1-4H3,(H,28,31)/t16-,18-,19?,20-/m0/s1. The summed E-state index contributed by atoms with van der Waals surface area (Å²) in [5.41, 5.74) is 1.30. The lowest BCUT2D eigenvalue weighted by Crippen LogP contribution is -2.56. The number of likely N-dealkylation sites (tertiary alicyclic amines) is 1. The Morgan fingerprint density at radius 2 is 2.09 bits per heavy atom. The number of nitrogens with zero attached hydrogens (tertiary/aromatic N) is 1. The lowest BCUT2D eigenvalue weighted by Gasteiger charge is -2.32. The molecule has 0 radical (unpaired) electrons. The average molecular weight is 467 g/mol. The molecule has 9 heteroatoms. The van der Waals surface area contributed by atoms with Gasteiger partial charge in [-0.2, -0.15) is 0 Å². The van der Waals surface area contributed by atoms with E-state index < -0.39 is 18.2 Å². The number of aromatic amines is 1. The van der Waals surface area contributed by atoms with Crippen molar-refractivity contribution in [2.24, 2.45) is 5.92 Å². The van der Waals surface area contributed by atoms with Gasteiger partial charge in [-0.05, 0) is 56.0 Å². The predicted octanol–water partition coefficient (Wildman–Crippen LogP) is 2.60. The van der Waals surface area contributed by atoms with Crippen LogP contribution in [0.2, 0.25) is 5.15 Å². The summed E-state index contributed by atoms with van der Waals surface area (Å²) in [5.74, 6) is -0.941. The number of benzene rings is 1. The van der Waals surface area contributed by atoms with Gasteiger partial charge in [0.05, 0.1) is 18.2 Å². The molecule has 1 saturated heterocycles. The van der Waals surface area contributed by atoms with Crippen molar-refractivity contribution in [2.45, 2.75) is 64.3 Å². The minimum Gasteiger partial charge on any atom is -0.391 e. The van der Waals surface area contributed by atoms with Crippen LogP contribution in [0, 0.1) is 11.7 Å². The number of aromatic nitrogens is 1. The molecule has 32 heavy (non-hydrogen) atoms. The Balaban J connectivity index is 1.84. The summed E-state index contributed by atoms with van der Waals surface area (Å²) in [5, 5.41) is 17.6. The highest BCUT2D eigenvalue weighted by molar-refractivity contribution is 6.31. The lowest BCUT2D eigenvalue weighted by atomic mass is 9.98. The fourth-order valence-electron chi connectivity index (χ4n) is 4.43. The number of H-pyrrole nitrogens is 1. The van der Waals surface area contributed by atoms with Gasteiger partial charge in [0.1, 0.15) is 17.0 Å². The summed E-state index contributed by atoms with van der Waals surface area (Å²) >= 11 is 6.39. The number of fused-ring (bicyclic) bond motifs is 1. The van der Waals surface area contributed by atoms with Gasteiger partial charge in [-0.15, -0.1) is 0 Å². The highest BCUT2D eigenvalue weighted by Crippen LogP contribution is 2.32. The molecule has 176 valence electrons. The summed E-state index contributed by atoms with van der Waals surface area (Å²) in [4.78, 5) is 30.7. The van der Waals surface area contributed by atoms with Gasteiger partial charge >= 0.3 is 0 Å². The van der Waals surface area contributed by atoms with E-state index >= 15 is 0 Å². The highest BCUT2D eigenvalue weighted by Gasteiger charge is 2.40. The smallest absolute Gasteiger partial charge is 0.245 e. The largest absolute Gasteiger partial charge is 0.391 e. The number of likely N-dealkylation sites (N-methyl/N-ethyl adjacent to an activating group) is 1. The third-order valence-electron chi connectivity index (χ3n) is 6.33. The second-order valence-electron chi connectivity index (χ2n) is 8.75. The molecular weight excluding hydrogens is 435 g/mol. The maximum Gasteiger partial charge on any atom is 0.245 e. The van der Waals surface area contributed by atoms with Gasteiger partial charge in [-0.3, -0.25) is 9.59 Å². The van der Waals surface area contributed by atoms with Crippen LogP contribution in [0.1, 0.15) is 39.2 Å². The van der Waals surface area contributed by atoms with Gasteiger partial charge in [0.2, 0.25) is 11.8 Å². The zero-order valence-electron chi connectivity index (χ0n) is 18.9. The number of aliphatic hydroxyl groups is 1. The Bertz CT molecular complexity index is 976. The van der Waals surface area contributed by atoms with Crippen molar-refractivity contribution in [2.75, 3.05) is 13.6 Å². The van der Waals surface area contributed by atoms with Gasteiger partial charge in [-0.25, -0.2) is 4.39 Å². The number of amides is 2. The maximum atomic E-state index is 13.6. The minimum absolute atomic E-state index is 0.126. The molecule has 2 aromatic rings. The molecule has 2 heterocycles. The molecule has 4 N–H and O–H groups in total. The molecule has 0 bridgehead atoms. The Morgan fingerprint density at radius 3 is 2.72 bits per heavy atom. The van der Waals surface area contributed by atoms with Gasteiger partial charge in [0, 0.05) is 17.4 Å². The topological polar surface area (TPSA) is 97.5 Å². The van der Waals surface area contributed by atoms with Crippen LogP contribution in [0.15, 0.2) is 18.2 Å². The molecule has 2 amide bonds. The number of hydrogen-bond acceptors (Lipinski definition) is 4. The lowest BCUT2D eigenvalue weighted by molar-refractivity contribution is -0.139. The fourth-order valence-corrected chi connectivity index (χ4v) is 4.71. The molecule has 1 aliphatic rings. The zero-order chi connectivity index (χ0) is 23.6. The number of carbonyl (C=O) groups is 2. The van der Waals surface area contributed by atoms with E-state index in [1.165, 1.54) is 12.1 Å². The number of halogens is 2. The maximum absolute atomic E-state index is 13.6. The molecule has 4 atom stereocenters. The number of hydrogen-bond donors (Lipinski definition) is 4. The van der Waals surface area contributed by atoms with E-state index in [1.807, 2.05) is 20.8 Å². The first-order chi connectivity index (χ1) is 15.2. The molecule has 1 aromatic heterocycles. The highest BCUT2D eigenvalue weighted by atomic mass is 35.5. The third-order valence-corrected chi connectivity index (χ3v) is 6.65. The van der Waals surface area contributed by atoms with Crippen molar-refractivity contribution < 1.29 is 19.1 Å². The molecule has 3 rings (SSSR count). The zero-order valence-corrected chi connectivity index (χ0v) is 19.7. The van der Waals surface area contributed by atoms with Crippen molar-refractivity contribution in [3.05, 3.63) is 34.7 Å². The average Bonchev–Trinajstić information content (AvgIpc) is 3.25. The third kappa shape index (κ3) is 4.92. The van der Waals surface area contributed by atoms with E-state index in [0.717, 1.165) is 10.9 Å². The predicted molar refractivity (Wildman–Crippen MR) is 123 cm³/mol. The summed E-state index contributed by atoms with van der Waals surface area (Å²) < 4.78 is 13.6. The van der Waals surface area contributed by atoms with E-state index in [4.69, 9.17) is 11.6 Å². The monoisotopic (exact) mass is 466 g/mol. The van der Waals surface area contributed by atoms with E-state index in [-0.39, 0.29) is 29.6 Å². The van der Waals surface area contributed by atoms with Gasteiger partial charge < -0.3 is 25.6 Å². The number of aliphatic hydroxyl groups excluding tert-OH is 1. The fraction of sp³-hybridized carbons (Fsp3) is 0.565. The quantitative estimate of drug-likeness (QED) is 0.480. The first-order valence-electron chi connectivity index (χ1n) is 11.1. The number of carbonyl (C=O) groups excluding carboxylic acids is 2. The van der Waals surface area contributed by atoms with E-state index in [1.54, 1.807) is 18.0 Å². The van der Waals surface area contributed by atoms with Crippen LogP contribution in [0.4, 0.5) is 4.39 Å². The Morgan fingerprint density at radius 1 is 1.38 bits per heavy atom.